The number of sulfonamides is 1. The van der Waals surface area contributed by atoms with E-state index in [0.717, 1.165) is 10.4 Å². The zero-order valence-corrected chi connectivity index (χ0v) is 15.5. The molecule has 1 aromatic heterocycles. The zero-order valence-electron chi connectivity index (χ0n) is 14.7. The molecule has 24 heavy (non-hydrogen) atoms. The Labute approximate surface area is 141 Å². The number of nitrogens with one attached hydrogen (secondary N) is 1. The van der Waals surface area contributed by atoms with Crippen molar-refractivity contribution in [2.24, 2.45) is 5.92 Å². The van der Waals surface area contributed by atoms with Crippen molar-refractivity contribution < 1.29 is 27.5 Å². The smallest absolute Gasteiger partial charge is 0.305 e. The third-order valence-electron chi connectivity index (χ3n) is 4.05. The molecule has 0 bridgehead atoms. The topological polar surface area (TPSA) is 117 Å². The van der Waals surface area contributed by atoms with Crippen LogP contribution in [0.1, 0.15) is 43.5 Å². The second kappa shape index (κ2) is 6.94. The third-order valence-corrected chi connectivity index (χ3v) is 5.97. The van der Waals surface area contributed by atoms with Crippen LogP contribution in [-0.4, -0.2) is 49.3 Å². The molecule has 0 aliphatic carbocycles. The lowest BCUT2D eigenvalue weighted by molar-refractivity contribution is -0.138. The molecule has 0 aromatic carbocycles. The molecule has 0 fully saturated rings. The summed E-state index contributed by atoms with van der Waals surface area (Å²) in [6, 6.07) is 1.15. The molecule has 9 heteroatoms. The standard InChI is InChI=1S/C15H24N2O6S/c1-9(2)15(4,8-13(18)19)16-14(20)11-7-12(10(3)23-11)24(21,22)17(5)6/h7,9H,8H2,1-6H3,(H,16,20)(H,18,19). The van der Waals surface area contributed by atoms with Crippen LogP contribution in [0.5, 0.6) is 0 Å². The van der Waals surface area contributed by atoms with Crippen molar-refractivity contribution in [1.82, 2.24) is 9.62 Å². The van der Waals surface area contributed by atoms with E-state index in [9.17, 15) is 18.0 Å². The minimum Gasteiger partial charge on any atom is -0.481 e. The van der Waals surface area contributed by atoms with Crippen LogP contribution in [-0.2, 0) is 14.8 Å². The van der Waals surface area contributed by atoms with Gasteiger partial charge in [0.25, 0.3) is 5.91 Å². The fraction of sp³-hybridized carbons (Fsp3) is 0.600. The fourth-order valence-corrected chi connectivity index (χ4v) is 3.11. The Bertz CT molecular complexity index is 735. The van der Waals surface area contributed by atoms with Gasteiger partial charge in [0, 0.05) is 20.2 Å². The van der Waals surface area contributed by atoms with Gasteiger partial charge in [-0.25, -0.2) is 12.7 Å². The average Bonchev–Trinajstić information content (AvgIpc) is 2.80. The first-order valence-electron chi connectivity index (χ1n) is 7.38. The fourth-order valence-electron chi connectivity index (χ4n) is 2.06. The largest absolute Gasteiger partial charge is 0.481 e. The Morgan fingerprint density at radius 3 is 2.33 bits per heavy atom. The van der Waals surface area contributed by atoms with E-state index in [-0.39, 0.29) is 28.8 Å². The summed E-state index contributed by atoms with van der Waals surface area (Å²) in [4.78, 5) is 23.3. The van der Waals surface area contributed by atoms with E-state index in [1.54, 1.807) is 20.8 Å². The van der Waals surface area contributed by atoms with E-state index in [0.29, 0.717) is 0 Å². The summed E-state index contributed by atoms with van der Waals surface area (Å²) in [7, 11) is -0.975. The first-order valence-corrected chi connectivity index (χ1v) is 8.82. The van der Waals surface area contributed by atoms with Gasteiger partial charge >= 0.3 is 5.97 Å². The predicted octanol–water partition coefficient (Wildman–Crippen LogP) is 1.46. The number of rotatable bonds is 7. The van der Waals surface area contributed by atoms with Crippen molar-refractivity contribution in [2.45, 2.75) is 44.6 Å². The Morgan fingerprint density at radius 2 is 1.92 bits per heavy atom. The van der Waals surface area contributed by atoms with Crippen molar-refractivity contribution in [2.75, 3.05) is 14.1 Å². The lowest BCUT2D eigenvalue weighted by Gasteiger charge is -2.33. The number of carbonyl (C=O) groups is 2. The number of carboxylic acid groups (broad SMARTS) is 1. The Hall–Kier alpha value is -1.87. The minimum atomic E-state index is -3.73. The molecule has 1 unspecified atom stereocenters. The second-order valence-electron chi connectivity index (χ2n) is 6.42. The summed E-state index contributed by atoms with van der Waals surface area (Å²) in [5.74, 6) is -1.93. The molecule has 1 heterocycles. The SMILES string of the molecule is Cc1oc(C(=O)NC(C)(CC(=O)O)C(C)C)cc1S(=O)(=O)N(C)C. The van der Waals surface area contributed by atoms with Gasteiger partial charge in [0.15, 0.2) is 5.76 Å². The first kappa shape index (κ1) is 20.2. The lowest BCUT2D eigenvalue weighted by atomic mass is 9.85. The van der Waals surface area contributed by atoms with Crippen LogP contribution in [0.2, 0.25) is 0 Å². The molecule has 0 aliphatic rings. The monoisotopic (exact) mass is 360 g/mol. The van der Waals surface area contributed by atoms with Gasteiger partial charge in [-0.2, -0.15) is 0 Å². The summed E-state index contributed by atoms with van der Waals surface area (Å²) in [6.45, 7) is 6.65. The van der Waals surface area contributed by atoms with Crippen LogP contribution in [0.15, 0.2) is 15.4 Å². The van der Waals surface area contributed by atoms with Gasteiger partial charge in [-0.1, -0.05) is 13.8 Å². The highest BCUT2D eigenvalue weighted by atomic mass is 32.2. The van der Waals surface area contributed by atoms with Crippen molar-refractivity contribution in [3.8, 4) is 0 Å². The van der Waals surface area contributed by atoms with Gasteiger partial charge < -0.3 is 14.8 Å². The van der Waals surface area contributed by atoms with Gasteiger partial charge in [-0.15, -0.1) is 0 Å². The number of aryl methyl sites for hydroxylation is 1. The molecule has 0 spiro atoms. The summed E-state index contributed by atoms with van der Waals surface area (Å²) < 4.78 is 30.7. The van der Waals surface area contributed by atoms with Crippen LogP contribution >= 0.6 is 0 Å². The van der Waals surface area contributed by atoms with Gasteiger partial charge in [0.2, 0.25) is 10.0 Å². The number of carboxylic acids is 1. The van der Waals surface area contributed by atoms with Crippen LogP contribution in [0.25, 0.3) is 0 Å². The van der Waals surface area contributed by atoms with Crippen LogP contribution in [0, 0.1) is 12.8 Å². The molecule has 2 N–H and O–H groups in total. The Morgan fingerprint density at radius 1 is 1.38 bits per heavy atom. The van der Waals surface area contributed by atoms with E-state index in [4.69, 9.17) is 9.52 Å². The van der Waals surface area contributed by atoms with Crippen molar-refractivity contribution in [3.63, 3.8) is 0 Å². The van der Waals surface area contributed by atoms with E-state index in [1.165, 1.54) is 21.0 Å². The van der Waals surface area contributed by atoms with Crippen LogP contribution < -0.4 is 5.32 Å². The summed E-state index contributed by atoms with van der Waals surface area (Å²) >= 11 is 0. The molecule has 0 radical (unpaired) electrons. The number of hydrogen-bond donors (Lipinski definition) is 2. The second-order valence-corrected chi connectivity index (χ2v) is 8.54. The van der Waals surface area contributed by atoms with Gasteiger partial charge in [0.1, 0.15) is 10.7 Å². The van der Waals surface area contributed by atoms with E-state index in [2.05, 4.69) is 5.32 Å². The first-order chi connectivity index (χ1) is 10.8. The molecule has 136 valence electrons. The van der Waals surface area contributed by atoms with Crippen molar-refractivity contribution in [3.05, 3.63) is 17.6 Å². The molecule has 0 aliphatic heterocycles. The highest BCUT2D eigenvalue weighted by molar-refractivity contribution is 7.89. The summed E-state index contributed by atoms with van der Waals surface area (Å²) in [5, 5.41) is 11.7. The number of aliphatic carboxylic acids is 1. The zero-order chi connectivity index (χ0) is 18.9. The Balaban J connectivity index is 3.15. The van der Waals surface area contributed by atoms with Gasteiger partial charge in [0.05, 0.1) is 12.0 Å². The minimum absolute atomic E-state index is 0.0952. The number of amides is 1. The van der Waals surface area contributed by atoms with E-state index in [1.807, 2.05) is 0 Å². The van der Waals surface area contributed by atoms with Crippen LogP contribution in [0.4, 0.5) is 0 Å². The molecular formula is C15H24N2O6S. The summed E-state index contributed by atoms with van der Waals surface area (Å²) in [6.07, 6.45) is -0.265. The van der Waals surface area contributed by atoms with Crippen LogP contribution in [0.3, 0.4) is 0 Å². The maximum atomic E-state index is 12.4. The molecule has 1 atom stereocenters. The highest BCUT2D eigenvalue weighted by Crippen LogP contribution is 2.25. The predicted molar refractivity (Wildman–Crippen MR) is 87.3 cm³/mol. The quantitative estimate of drug-likeness (QED) is 0.760. The molecular weight excluding hydrogens is 336 g/mol. The summed E-state index contributed by atoms with van der Waals surface area (Å²) in [5.41, 5.74) is -0.996. The van der Waals surface area contributed by atoms with Gasteiger partial charge in [-0.3, -0.25) is 9.59 Å². The number of hydrogen-bond acceptors (Lipinski definition) is 5. The molecule has 1 rings (SSSR count). The Kier molecular flexibility index (Phi) is 5.83. The average molecular weight is 360 g/mol. The molecule has 0 saturated carbocycles. The van der Waals surface area contributed by atoms with E-state index < -0.39 is 27.4 Å². The van der Waals surface area contributed by atoms with E-state index >= 15 is 0 Å². The maximum Gasteiger partial charge on any atom is 0.305 e. The normalized spacial score (nSPS) is 14.7. The molecule has 1 amide bonds. The van der Waals surface area contributed by atoms with Crippen molar-refractivity contribution in [1.29, 1.82) is 0 Å². The number of furan rings is 1. The van der Waals surface area contributed by atoms with Gasteiger partial charge in [-0.05, 0) is 19.8 Å². The van der Waals surface area contributed by atoms with Crippen molar-refractivity contribution >= 4 is 21.9 Å². The number of carbonyl (C=O) groups excluding carboxylic acids is 1. The third kappa shape index (κ3) is 4.15. The maximum absolute atomic E-state index is 12.4. The molecule has 1 aromatic rings. The number of nitrogens with zero attached hydrogens (tertiary/aromatic N) is 1. The molecule has 0 saturated heterocycles. The lowest BCUT2D eigenvalue weighted by Crippen LogP contribution is -2.51. The highest BCUT2D eigenvalue weighted by Gasteiger charge is 2.35. The molecule has 8 nitrogen and oxygen atoms in total.